The van der Waals surface area contributed by atoms with Gasteiger partial charge in [0.2, 0.25) is 0 Å². The van der Waals surface area contributed by atoms with Crippen molar-refractivity contribution in [3.63, 3.8) is 0 Å². The molecular formula is C10H12FNO2. The van der Waals surface area contributed by atoms with Gasteiger partial charge in [-0.05, 0) is 30.7 Å². The number of benzene rings is 1. The van der Waals surface area contributed by atoms with Crippen LogP contribution in [-0.4, -0.2) is 24.7 Å². The van der Waals surface area contributed by atoms with Crippen LogP contribution in [0.15, 0.2) is 18.2 Å². The molecule has 0 radical (unpaired) electrons. The molecule has 0 heterocycles. The number of rotatable bonds is 2. The molecule has 1 aromatic carbocycles. The van der Waals surface area contributed by atoms with Crippen molar-refractivity contribution < 1.29 is 14.3 Å². The van der Waals surface area contributed by atoms with Crippen LogP contribution < -0.4 is 4.90 Å². The van der Waals surface area contributed by atoms with Crippen LogP contribution in [-0.2, 0) is 4.79 Å². The van der Waals surface area contributed by atoms with E-state index in [-0.39, 0.29) is 5.82 Å². The third-order valence-electron chi connectivity index (χ3n) is 2.04. The molecule has 3 nitrogen and oxygen atoms in total. The van der Waals surface area contributed by atoms with Crippen molar-refractivity contribution in [3.05, 3.63) is 29.6 Å². The second kappa shape index (κ2) is 4.19. The fourth-order valence-electron chi connectivity index (χ4n) is 1.09. The van der Waals surface area contributed by atoms with Gasteiger partial charge in [0.05, 0.1) is 0 Å². The van der Waals surface area contributed by atoms with E-state index in [9.17, 15) is 9.18 Å². The van der Waals surface area contributed by atoms with Crippen LogP contribution in [0.25, 0.3) is 0 Å². The lowest BCUT2D eigenvalue weighted by molar-refractivity contribution is -0.120. The largest absolute Gasteiger partial charge is 0.387 e. The first-order valence-corrected chi connectivity index (χ1v) is 4.20. The van der Waals surface area contributed by atoms with Crippen LogP contribution >= 0.6 is 0 Å². The zero-order valence-electron chi connectivity index (χ0n) is 8.12. The second-order valence-corrected chi connectivity index (χ2v) is 3.04. The van der Waals surface area contributed by atoms with E-state index in [2.05, 4.69) is 0 Å². The van der Waals surface area contributed by atoms with Gasteiger partial charge in [0.1, 0.15) is 12.4 Å². The van der Waals surface area contributed by atoms with E-state index in [1.54, 1.807) is 13.0 Å². The van der Waals surface area contributed by atoms with Crippen LogP contribution in [0.2, 0.25) is 0 Å². The number of amides is 1. The Labute approximate surface area is 81.8 Å². The van der Waals surface area contributed by atoms with Gasteiger partial charge in [0.15, 0.2) is 0 Å². The molecule has 0 aliphatic carbocycles. The Morgan fingerprint density at radius 2 is 2.21 bits per heavy atom. The Hall–Kier alpha value is -1.42. The predicted octanol–water partition coefficient (Wildman–Crippen LogP) is 1.09. The van der Waals surface area contributed by atoms with Crippen molar-refractivity contribution >= 4 is 11.6 Å². The molecular weight excluding hydrogens is 185 g/mol. The lowest BCUT2D eigenvalue weighted by Crippen LogP contribution is -2.28. The van der Waals surface area contributed by atoms with E-state index < -0.39 is 12.5 Å². The normalized spacial score (nSPS) is 10.0. The predicted molar refractivity (Wildman–Crippen MR) is 51.6 cm³/mol. The van der Waals surface area contributed by atoms with Crippen LogP contribution in [0.1, 0.15) is 5.56 Å². The number of likely N-dealkylation sites (N-methyl/N-ethyl adjacent to an activating group) is 1. The van der Waals surface area contributed by atoms with Crippen LogP contribution in [0.5, 0.6) is 0 Å². The summed E-state index contributed by atoms with van der Waals surface area (Å²) in [6.07, 6.45) is 0. The maximum absolute atomic E-state index is 12.9. The molecule has 14 heavy (non-hydrogen) atoms. The second-order valence-electron chi connectivity index (χ2n) is 3.04. The molecule has 0 fully saturated rings. The van der Waals surface area contributed by atoms with Crippen LogP contribution in [0, 0.1) is 12.7 Å². The molecule has 0 saturated carbocycles. The summed E-state index contributed by atoms with van der Waals surface area (Å²) in [4.78, 5) is 12.4. The summed E-state index contributed by atoms with van der Waals surface area (Å²) in [5, 5.41) is 8.63. The first-order chi connectivity index (χ1) is 6.56. The Bertz CT molecular complexity index is 352. The fraction of sp³-hybridized carbons (Fsp3) is 0.300. The van der Waals surface area contributed by atoms with E-state index in [1.165, 1.54) is 24.1 Å². The highest BCUT2D eigenvalue weighted by molar-refractivity contribution is 5.93. The average Bonchev–Trinajstić information content (AvgIpc) is 2.20. The Kier molecular flexibility index (Phi) is 3.19. The molecule has 76 valence electrons. The van der Waals surface area contributed by atoms with Crippen molar-refractivity contribution in [1.29, 1.82) is 0 Å². The van der Waals surface area contributed by atoms with Gasteiger partial charge in [-0.15, -0.1) is 0 Å². The number of hydrogen-bond acceptors (Lipinski definition) is 2. The monoisotopic (exact) mass is 197 g/mol. The van der Waals surface area contributed by atoms with Gasteiger partial charge >= 0.3 is 0 Å². The highest BCUT2D eigenvalue weighted by atomic mass is 19.1. The summed E-state index contributed by atoms with van der Waals surface area (Å²) < 4.78 is 12.9. The van der Waals surface area contributed by atoms with Crippen molar-refractivity contribution in [3.8, 4) is 0 Å². The van der Waals surface area contributed by atoms with Gasteiger partial charge in [0.25, 0.3) is 5.91 Å². The van der Waals surface area contributed by atoms with Gasteiger partial charge < -0.3 is 10.0 Å². The lowest BCUT2D eigenvalue weighted by Gasteiger charge is -2.16. The molecule has 1 rings (SSSR count). The van der Waals surface area contributed by atoms with Gasteiger partial charge in [-0.3, -0.25) is 4.79 Å². The third-order valence-corrected chi connectivity index (χ3v) is 2.04. The minimum Gasteiger partial charge on any atom is -0.387 e. The van der Waals surface area contributed by atoms with E-state index >= 15 is 0 Å². The number of aliphatic hydroxyl groups excluding tert-OH is 1. The molecule has 0 spiro atoms. The summed E-state index contributed by atoms with van der Waals surface area (Å²) in [6, 6.07) is 4.35. The molecule has 4 heteroatoms. The number of anilines is 1. The summed E-state index contributed by atoms with van der Waals surface area (Å²) in [5.74, 6) is -0.727. The van der Waals surface area contributed by atoms with Gasteiger partial charge in [-0.25, -0.2) is 4.39 Å². The van der Waals surface area contributed by atoms with E-state index in [0.29, 0.717) is 11.3 Å². The van der Waals surface area contributed by atoms with E-state index in [4.69, 9.17) is 5.11 Å². The van der Waals surface area contributed by atoms with Crippen molar-refractivity contribution in [2.24, 2.45) is 0 Å². The number of carbonyl (C=O) groups excluding carboxylic acids is 1. The molecule has 0 aliphatic heterocycles. The molecule has 0 saturated heterocycles. The Morgan fingerprint density at radius 3 is 2.71 bits per heavy atom. The summed E-state index contributed by atoms with van der Waals surface area (Å²) in [7, 11) is 1.53. The zero-order valence-corrected chi connectivity index (χ0v) is 8.12. The fourth-order valence-corrected chi connectivity index (χ4v) is 1.09. The maximum atomic E-state index is 12.9. The van der Waals surface area contributed by atoms with Crippen LogP contribution in [0.3, 0.4) is 0 Å². The molecule has 1 N–H and O–H groups in total. The number of nitrogens with zero attached hydrogens (tertiary/aromatic N) is 1. The summed E-state index contributed by atoms with van der Waals surface area (Å²) in [6.45, 7) is 1.07. The average molecular weight is 197 g/mol. The molecule has 0 bridgehead atoms. The highest BCUT2D eigenvalue weighted by Gasteiger charge is 2.10. The van der Waals surface area contributed by atoms with Gasteiger partial charge in [-0.1, -0.05) is 0 Å². The molecule has 0 unspecified atom stereocenters. The summed E-state index contributed by atoms with van der Waals surface area (Å²) >= 11 is 0. The number of carbonyl (C=O) groups is 1. The Balaban J connectivity index is 2.96. The standard InChI is InChI=1S/C10H12FNO2/c1-7-5-8(3-4-9(7)11)12(2)10(14)6-13/h3-5,13H,6H2,1-2H3. The molecule has 0 aliphatic rings. The van der Waals surface area contributed by atoms with Crippen molar-refractivity contribution in [2.75, 3.05) is 18.6 Å². The van der Waals surface area contributed by atoms with E-state index in [1.807, 2.05) is 0 Å². The zero-order chi connectivity index (χ0) is 10.7. The third kappa shape index (κ3) is 2.09. The summed E-state index contributed by atoms with van der Waals surface area (Å²) in [5.41, 5.74) is 1.04. The quantitative estimate of drug-likeness (QED) is 0.771. The van der Waals surface area contributed by atoms with Crippen LogP contribution in [0.4, 0.5) is 10.1 Å². The molecule has 1 aromatic rings. The molecule has 0 atom stereocenters. The molecule has 1 amide bonds. The first kappa shape index (κ1) is 10.7. The Morgan fingerprint density at radius 1 is 1.57 bits per heavy atom. The van der Waals surface area contributed by atoms with Crippen molar-refractivity contribution in [1.82, 2.24) is 0 Å². The molecule has 0 aromatic heterocycles. The topological polar surface area (TPSA) is 40.5 Å². The maximum Gasteiger partial charge on any atom is 0.252 e. The smallest absolute Gasteiger partial charge is 0.252 e. The lowest BCUT2D eigenvalue weighted by atomic mass is 10.2. The van der Waals surface area contributed by atoms with Crippen molar-refractivity contribution in [2.45, 2.75) is 6.92 Å². The minimum absolute atomic E-state index is 0.307. The first-order valence-electron chi connectivity index (χ1n) is 4.20. The van der Waals surface area contributed by atoms with E-state index in [0.717, 1.165) is 0 Å². The van der Waals surface area contributed by atoms with Gasteiger partial charge in [-0.2, -0.15) is 0 Å². The van der Waals surface area contributed by atoms with Gasteiger partial charge in [0, 0.05) is 12.7 Å². The highest BCUT2D eigenvalue weighted by Crippen LogP contribution is 2.16. The number of aryl methyl sites for hydroxylation is 1. The number of hydrogen-bond donors (Lipinski definition) is 1. The number of aliphatic hydroxyl groups is 1. The number of halogens is 1. The SMILES string of the molecule is Cc1cc(N(C)C(=O)CO)ccc1F. The minimum atomic E-state index is -0.549.